The number of aryl methyl sites for hydroxylation is 2. The summed E-state index contributed by atoms with van der Waals surface area (Å²) in [6.07, 6.45) is 0. The number of para-hydroxylation sites is 2. The third-order valence-electron chi connectivity index (χ3n) is 4.70. The lowest BCUT2D eigenvalue weighted by molar-refractivity contribution is 0.599. The zero-order valence-electron chi connectivity index (χ0n) is 16.3. The number of rotatable bonds is 5. The molecule has 8 heteroatoms. The summed E-state index contributed by atoms with van der Waals surface area (Å²) in [6, 6.07) is 17.6. The van der Waals surface area contributed by atoms with Crippen molar-refractivity contribution in [1.29, 1.82) is 0 Å². The molecule has 4 rings (SSSR count). The lowest BCUT2D eigenvalue weighted by atomic mass is 10.1. The molecule has 3 aromatic carbocycles. The van der Waals surface area contributed by atoms with Gasteiger partial charge in [-0.2, -0.15) is 0 Å². The molecule has 4 aromatic rings. The van der Waals surface area contributed by atoms with E-state index in [0.717, 1.165) is 28.9 Å². The first-order valence-electron chi connectivity index (χ1n) is 9.21. The predicted octanol–water partition coefficient (Wildman–Crippen LogP) is 4.93. The van der Waals surface area contributed by atoms with Crippen LogP contribution in [-0.2, 0) is 10.0 Å². The van der Waals surface area contributed by atoms with Crippen LogP contribution < -0.4 is 10.0 Å². The second-order valence-electron chi connectivity index (χ2n) is 6.89. The minimum Gasteiger partial charge on any atom is -0.337 e. The maximum atomic E-state index is 13.2. The number of fused-ring (bicyclic) bond motifs is 1. The van der Waals surface area contributed by atoms with Crippen LogP contribution in [0.2, 0.25) is 0 Å². The molecule has 2 N–H and O–H groups in total. The van der Waals surface area contributed by atoms with Gasteiger partial charge in [0.25, 0.3) is 10.0 Å². The Balaban J connectivity index is 1.78. The fourth-order valence-electron chi connectivity index (χ4n) is 2.91. The number of nitrogens with zero attached hydrogens (tertiary/aromatic N) is 2. The minimum absolute atomic E-state index is 0.0521. The lowest BCUT2D eigenvalue weighted by Crippen LogP contribution is -2.16. The number of benzene rings is 3. The first-order valence-corrected chi connectivity index (χ1v) is 10.7. The van der Waals surface area contributed by atoms with Gasteiger partial charge in [-0.3, -0.25) is 4.72 Å². The van der Waals surface area contributed by atoms with Crippen molar-refractivity contribution in [3.8, 4) is 0 Å². The van der Waals surface area contributed by atoms with Gasteiger partial charge in [0.05, 0.1) is 15.9 Å². The molecule has 6 nitrogen and oxygen atoms in total. The minimum atomic E-state index is -3.99. The van der Waals surface area contributed by atoms with Crippen molar-refractivity contribution < 1.29 is 12.8 Å². The van der Waals surface area contributed by atoms with Crippen LogP contribution in [-0.4, -0.2) is 18.4 Å². The van der Waals surface area contributed by atoms with Crippen molar-refractivity contribution in [3.05, 3.63) is 83.7 Å². The number of hydrogen-bond acceptors (Lipinski definition) is 5. The first-order chi connectivity index (χ1) is 14.3. The standard InChI is InChI=1S/C22H19FN4O2S/c1-14-7-10-17(13-15(14)2)24-21-22(26-20-6-4-3-5-19(20)25-21)27-30(28,29)18-11-8-16(23)9-12-18/h3-13H,1-2H3,(H,24,25)(H,26,27). The summed E-state index contributed by atoms with van der Waals surface area (Å²) in [5.74, 6) is -0.199. The zero-order chi connectivity index (χ0) is 21.3. The van der Waals surface area contributed by atoms with Crippen molar-refractivity contribution in [2.45, 2.75) is 18.7 Å². The molecule has 0 aliphatic heterocycles. The highest BCUT2D eigenvalue weighted by Crippen LogP contribution is 2.28. The van der Waals surface area contributed by atoms with Crippen molar-refractivity contribution in [2.24, 2.45) is 0 Å². The van der Waals surface area contributed by atoms with E-state index in [1.54, 1.807) is 18.2 Å². The molecule has 1 heterocycles. The van der Waals surface area contributed by atoms with Crippen molar-refractivity contribution in [3.63, 3.8) is 0 Å². The van der Waals surface area contributed by atoms with Gasteiger partial charge in [0, 0.05) is 5.69 Å². The molecule has 0 saturated heterocycles. The summed E-state index contributed by atoms with van der Waals surface area (Å²) in [7, 11) is -3.99. The van der Waals surface area contributed by atoms with Gasteiger partial charge in [-0.1, -0.05) is 18.2 Å². The number of anilines is 3. The highest BCUT2D eigenvalue weighted by molar-refractivity contribution is 7.92. The van der Waals surface area contributed by atoms with Gasteiger partial charge < -0.3 is 5.32 Å². The largest absolute Gasteiger partial charge is 0.337 e. The third-order valence-corrected chi connectivity index (χ3v) is 6.05. The third kappa shape index (κ3) is 4.08. The number of sulfonamides is 1. The summed E-state index contributed by atoms with van der Waals surface area (Å²) in [5.41, 5.74) is 4.14. The van der Waals surface area contributed by atoms with E-state index in [-0.39, 0.29) is 16.5 Å². The van der Waals surface area contributed by atoms with Crippen LogP contribution in [0.15, 0.2) is 71.6 Å². The second-order valence-corrected chi connectivity index (χ2v) is 8.58. The van der Waals surface area contributed by atoms with E-state index in [1.165, 1.54) is 12.1 Å². The molecule has 0 aliphatic carbocycles. The summed E-state index contributed by atoms with van der Waals surface area (Å²) >= 11 is 0. The quantitative estimate of drug-likeness (QED) is 0.476. The Labute approximate surface area is 173 Å². The van der Waals surface area contributed by atoms with E-state index in [1.807, 2.05) is 38.1 Å². The number of nitrogens with one attached hydrogen (secondary N) is 2. The lowest BCUT2D eigenvalue weighted by Gasteiger charge is -2.14. The van der Waals surface area contributed by atoms with Crippen molar-refractivity contribution >= 4 is 38.4 Å². The molecule has 1 aromatic heterocycles. The average Bonchev–Trinajstić information content (AvgIpc) is 2.71. The highest BCUT2D eigenvalue weighted by Gasteiger charge is 2.19. The summed E-state index contributed by atoms with van der Waals surface area (Å²) in [5, 5.41) is 3.16. The Kier molecular flexibility index (Phi) is 5.09. The first kappa shape index (κ1) is 19.8. The summed E-state index contributed by atoms with van der Waals surface area (Å²) in [4.78, 5) is 8.93. The number of hydrogen-bond donors (Lipinski definition) is 2. The van der Waals surface area contributed by atoms with E-state index in [9.17, 15) is 12.8 Å². The van der Waals surface area contributed by atoms with Gasteiger partial charge in [-0.05, 0) is 73.5 Å². The van der Waals surface area contributed by atoms with Crippen LogP contribution in [0.25, 0.3) is 11.0 Å². The Morgan fingerprint density at radius 3 is 2.07 bits per heavy atom. The smallest absolute Gasteiger partial charge is 0.263 e. The van der Waals surface area contributed by atoms with Crippen LogP contribution in [0.5, 0.6) is 0 Å². The Hall–Kier alpha value is -3.52. The Bertz CT molecular complexity index is 1340. The molecule has 0 saturated carbocycles. The van der Waals surface area contributed by atoms with Gasteiger partial charge in [-0.25, -0.2) is 22.8 Å². The summed E-state index contributed by atoms with van der Waals surface area (Å²) in [6.45, 7) is 4.00. The van der Waals surface area contributed by atoms with E-state index < -0.39 is 15.8 Å². The molecule has 0 atom stereocenters. The van der Waals surface area contributed by atoms with Crippen LogP contribution in [0.4, 0.5) is 21.7 Å². The molecule has 0 bridgehead atoms. The molecule has 0 spiro atoms. The van der Waals surface area contributed by atoms with Gasteiger partial charge >= 0.3 is 0 Å². The van der Waals surface area contributed by atoms with Crippen LogP contribution in [0.3, 0.4) is 0 Å². The molecule has 0 aliphatic rings. The fourth-order valence-corrected chi connectivity index (χ4v) is 3.92. The Morgan fingerprint density at radius 2 is 1.43 bits per heavy atom. The van der Waals surface area contributed by atoms with Crippen LogP contribution >= 0.6 is 0 Å². The summed E-state index contributed by atoms with van der Waals surface area (Å²) < 4.78 is 41.3. The SMILES string of the molecule is Cc1ccc(Nc2nc3ccccc3nc2NS(=O)(=O)c2ccc(F)cc2)cc1C. The van der Waals surface area contributed by atoms with E-state index in [0.29, 0.717) is 11.0 Å². The molecular weight excluding hydrogens is 403 g/mol. The topological polar surface area (TPSA) is 84.0 Å². The molecule has 30 heavy (non-hydrogen) atoms. The van der Waals surface area contributed by atoms with E-state index >= 15 is 0 Å². The van der Waals surface area contributed by atoms with Crippen molar-refractivity contribution in [2.75, 3.05) is 10.0 Å². The maximum Gasteiger partial charge on any atom is 0.263 e. The monoisotopic (exact) mass is 422 g/mol. The predicted molar refractivity (Wildman–Crippen MR) is 116 cm³/mol. The maximum absolute atomic E-state index is 13.2. The highest BCUT2D eigenvalue weighted by atomic mass is 32.2. The fraction of sp³-hybridized carbons (Fsp3) is 0.0909. The van der Waals surface area contributed by atoms with Gasteiger partial charge in [-0.15, -0.1) is 0 Å². The average molecular weight is 422 g/mol. The van der Waals surface area contributed by atoms with Crippen LogP contribution in [0, 0.1) is 19.7 Å². The van der Waals surface area contributed by atoms with Crippen LogP contribution in [0.1, 0.15) is 11.1 Å². The normalized spacial score (nSPS) is 11.4. The van der Waals surface area contributed by atoms with E-state index in [4.69, 9.17) is 0 Å². The van der Waals surface area contributed by atoms with Gasteiger partial charge in [0.15, 0.2) is 11.6 Å². The molecule has 0 radical (unpaired) electrons. The number of aromatic nitrogens is 2. The van der Waals surface area contributed by atoms with E-state index in [2.05, 4.69) is 20.0 Å². The number of halogens is 1. The molecule has 0 amide bonds. The molecule has 0 fully saturated rings. The zero-order valence-corrected chi connectivity index (χ0v) is 17.2. The Morgan fingerprint density at radius 1 is 0.800 bits per heavy atom. The van der Waals surface area contributed by atoms with Gasteiger partial charge in [0.2, 0.25) is 0 Å². The van der Waals surface area contributed by atoms with Crippen molar-refractivity contribution in [1.82, 2.24) is 9.97 Å². The molecule has 152 valence electrons. The second kappa shape index (κ2) is 7.72. The molecular formula is C22H19FN4O2S. The van der Waals surface area contributed by atoms with Gasteiger partial charge in [0.1, 0.15) is 5.82 Å². The molecule has 0 unspecified atom stereocenters.